The molecule has 0 radical (unpaired) electrons. The van der Waals surface area contributed by atoms with E-state index in [-0.39, 0.29) is 21.8 Å². The minimum Gasteiger partial charge on any atom is -0.457 e. The number of hydrogen-bond acceptors (Lipinski definition) is 8. The summed E-state index contributed by atoms with van der Waals surface area (Å²) in [6.07, 6.45) is 0. The van der Waals surface area contributed by atoms with E-state index in [0.717, 1.165) is 11.5 Å². The molecule has 1 aliphatic heterocycles. The molecule has 4 rings (SSSR count). The van der Waals surface area contributed by atoms with Crippen LogP contribution in [0.1, 0.15) is 10.6 Å². The minimum atomic E-state index is -3.88. The molecular weight excluding hydrogens is 428 g/mol. The number of carbonyl (C=O) groups is 1. The summed E-state index contributed by atoms with van der Waals surface area (Å²) in [7, 11) is -3.88. The highest BCUT2D eigenvalue weighted by atomic mass is 32.2. The topological polar surface area (TPSA) is 111 Å². The van der Waals surface area contributed by atoms with Gasteiger partial charge in [-0.1, -0.05) is 18.2 Å². The Kier molecular flexibility index (Phi) is 5.93. The lowest BCUT2D eigenvalue weighted by molar-refractivity contribution is 0.0296. The highest BCUT2D eigenvalue weighted by Gasteiger charge is 2.24. The van der Waals surface area contributed by atoms with Crippen molar-refractivity contribution in [3.05, 3.63) is 60.4 Å². The van der Waals surface area contributed by atoms with Crippen LogP contribution in [0.4, 0.5) is 5.13 Å². The fourth-order valence-corrected chi connectivity index (χ4v) is 4.53. The largest absolute Gasteiger partial charge is 0.457 e. The number of nitrogens with zero attached hydrogens (tertiary/aromatic N) is 3. The number of anilines is 1. The lowest BCUT2D eigenvalue weighted by Crippen LogP contribution is -2.41. The summed E-state index contributed by atoms with van der Waals surface area (Å²) in [6, 6.07) is 15.2. The van der Waals surface area contributed by atoms with Gasteiger partial charge in [-0.05, 0) is 36.4 Å². The molecule has 1 fully saturated rings. The quantitative estimate of drug-likeness (QED) is 0.620. The van der Waals surface area contributed by atoms with Gasteiger partial charge in [-0.15, -0.1) is 0 Å². The molecule has 1 saturated heterocycles. The summed E-state index contributed by atoms with van der Waals surface area (Å²) < 4.78 is 42.5. The van der Waals surface area contributed by atoms with Crippen molar-refractivity contribution in [1.29, 1.82) is 0 Å². The zero-order chi connectivity index (χ0) is 21.0. The smallest absolute Gasteiger partial charge is 0.292 e. The Morgan fingerprint density at radius 2 is 1.70 bits per heavy atom. The molecule has 3 aromatic rings. The SMILES string of the molecule is O=C(c1nsc(NS(=O)(=O)c2ccc(Oc3ccccc3)cc2)n1)N1CCOCC1. The van der Waals surface area contributed by atoms with E-state index in [1.165, 1.54) is 12.1 Å². The number of aromatic nitrogens is 2. The van der Waals surface area contributed by atoms with Crippen molar-refractivity contribution < 1.29 is 22.7 Å². The van der Waals surface area contributed by atoms with Crippen molar-refractivity contribution >= 4 is 32.6 Å². The number of hydrogen-bond donors (Lipinski definition) is 1. The maximum Gasteiger partial charge on any atom is 0.292 e. The van der Waals surface area contributed by atoms with E-state index < -0.39 is 10.0 Å². The molecule has 1 N–H and O–H groups in total. The van der Waals surface area contributed by atoms with Gasteiger partial charge in [-0.2, -0.15) is 9.36 Å². The predicted molar refractivity (Wildman–Crippen MR) is 110 cm³/mol. The number of morpholine rings is 1. The fourth-order valence-electron chi connectivity index (χ4n) is 2.74. The van der Waals surface area contributed by atoms with Gasteiger partial charge < -0.3 is 14.4 Å². The number of sulfonamides is 1. The first-order chi connectivity index (χ1) is 14.5. The van der Waals surface area contributed by atoms with Gasteiger partial charge in [0, 0.05) is 24.6 Å². The molecule has 1 aromatic heterocycles. The van der Waals surface area contributed by atoms with Crippen LogP contribution in [0, 0.1) is 0 Å². The molecule has 30 heavy (non-hydrogen) atoms. The van der Waals surface area contributed by atoms with Crippen molar-refractivity contribution in [3.63, 3.8) is 0 Å². The fraction of sp³-hybridized carbons (Fsp3) is 0.211. The summed E-state index contributed by atoms with van der Waals surface area (Å²) >= 11 is 0.814. The van der Waals surface area contributed by atoms with E-state index in [1.54, 1.807) is 29.2 Å². The molecule has 2 aromatic carbocycles. The van der Waals surface area contributed by atoms with Gasteiger partial charge in [0.15, 0.2) is 0 Å². The zero-order valence-corrected chi connectivity index (χ0v) is 17.4. The van der Waals surface area contributed by atoms with Crippen LogP contribution in [0.3, 0.4) is 0 Å². The summed E-state index contributed by atoms with van der Waals surface area (Å²) in [5, 5.41) is 0.0243. The van der Waals surface area contributed by atoms with Crippen LogP contribution in [0.25, 0.3) is 0 Å². The highest BCUT2D eigenvalue weighted by molar-refractivity contribution is 7.93. The maximum absolute atomic E-state index is 12.6. The number of para-hydroxylation sites is 1. The Morgan fingerprint density at radius 1 is 1.03 bits per heavy atom. The highest BCUT2D eigenvalue weighted by Crippen LogP contribution is 2.24. The van der Waals surface area contributed by atoms with E-state index in [0.29, 0.717) is 37.8 Å². The molecule has 2 heterocycles. The van der Waals surface area contributed by atoms with Crippen molar-refractivity contribution in [3.8, 4) is 11.5 Å². The summed E-state index contributed by atoms with van der Waals surface area (Å²) in [6.45, 7) is 1.83. The summed E-state index contributed by atoms with van der Waals surface area (Å²) in [5.74, 6) is 0.778. The second-order valence-corrected chi connectivity index (χ2v) is 8.75. The molecule has 11 heteroatoms. The number of ether oxygens (including phenoxy) is 2. The molecule has 0 unspecified atom stereocenters. The second-order valence-electron chi connectivity index (χ2n) is 6.32. The molecule has 9 nitrogen and oxygen atoms in total. The van der Waals surface area contributed by atoms with Crippen LogP contribution in [0.5, 0.6) is 11.5 Å². The van der Waals surface area contributed by atoms with Crippen LogP contribution in [0.2, 0.25) is 0 Å². The molecule has 1 aliphatic rings. The van der Waals surface area contributed by atoms with Crippen LogP contribution in [0.15, 0.2) is 59.5 Å². The first-order valence-corrected chi connectivity index (χ1v) is 11.3. The van der Waals surface area contributed by atoms with Gasteiger partial charge >= 0.3 is 0 Å². The van der Waals surface area contributed by atoms with Crippen LogP contribution in [-0.4, -0.2) is 54.9 Å². The minimum absolute atomic E-state index is 0.0243. The average molecular weight is 447 g/mol. The molecule has 0 atom stereocenters. The van der Waals surface area contributed by atoms with Gasteiger partial charge in [-0.3, -0.25) is 9.52 Å². The zero-order valence-electron chi connectivity index (χ0n) is 15.7. The molecule has 0 bridgehead atoms. The normalized spacial score (nSPS) is 14.3. The maximum atomic E-state index is 12.6. The molecule has 0 aliphatic carbocycles. The molecule has 156 valence electrons. The van der Waals surface area contributed by atoms with Crippen molar-refractivity contribution in [1.82, 2.24) is 14.3 Å². The number of benzene rings is 2. The molecule has 1 amide bonds. The van der Waals surface area contributed by atoms with E-state index in [2.05, 4.69) is 14.1 Å². The lowest BCUT2D eigenvalue weighted by atomic mass is 10.3. The third-order valence-electron chi connectivity index (χ3n) is 4.25. The van der Waals surface area contributed by atoms with E-state index >= 15 is 0 Å². The predicted octanol–water partition coefficient (Wildman–Crippen LogP) is 2.60. The van der Waals surface area contributed by atoms with E-state index in [4.69, 9.17) is 9.47 Å². The number of nitrogens with one attached hydrogen (secondary N) is 1. The Morgan fingerprint density at radius 3 is 2.40 bits per heavy atom. The molecular formula is C19H18N4O5S2. The van der Waals surface area contributed by atoms with Crippen molar-refractivity contribution in [2.75, 3.05) is 31.0 Å². The Hall–Kier alpha value is -3.02. The number of rotatable bonds is 6. The molecule has 0 spiro atoms. The van der Waals surface area contributed by atoms with Crippen LogP contribution < -0.4 is 9.46 Å². The second kappa shape index (κ2) is 8.78. The monoisotopic (exact) mass is 446 g/mol. The summed E-state index contributed by atoms with van der Waals surface area (Å²) in [5.41, 5.74) is 0. The van der Waals surface area contributed by atoms with Gasteiger partial charge in [-0.25, -0.2) is 8.42 Å². The van der Waals surface area contributed by atoms with Crippen LogP contribution in [-0.2, 0) is 14.8 Å². The average Bonchev–Trinajstić information content (AvgIpc) is 3.23. The number of amides is 1. The van der Waals surface area contributed by atoms with E-state index in [1.807, 2.05) is 18.2 Å². The first kappa shape index (κ1) is 20.3. The van der Waals surface area contributed by atoms with Crippen molar-refractivity contribution in [2.24, 2.45) is 0 Å². The third-order valence-corrected chi connectivity index (χ3v) is 6.36. The van der Waals surface area contributed by atoms with E-state index in [9.17, 15) is 13.2 Å². The Bertz CT molecular complexity index is 1110. The van der Waals surface area contributed by atoms with Gasteiger partial charge in [0.2, 0.25) is 11.0 Å². The Labute approximate surface area is 177 Å². The summed E-state index contributed by atoms with van der Waals surface area (Å²) in [4.78, 5) is 18.0. The molecule has 0 saturated carbocycles. The Balaban J connectivity index is 1.43. The van der Waals surface area contributed by atoms with Crippen molar-refractivity contribution in [2.45, 2.75) is 4.90 Å². The number of carbonyl (C=O) groups excluding carboxylic acids is 1. The van der Waals surface area contributed by atoms with Gasteiger partial charge in [0.05, 0.1) is 18.1 Å². The third kappa shape index (κ3) is 4.75. The van der Waals surface area contributed by atoms with Gasteiger partial charge in [0.25, 0.3) is 15.9 Å². The standard InChI is InChI=1S/C19H18N4O5S2/c24-18(23-10-12-27-13-11-23)17-20-19(29-21-17)22-30(25,26)16-8-6-15(7-9-16)28-14-4-2-1-3-5-14/h1-9H,10-13H2,(H,20,21,22). The first-order valence-electron chi connectivity index (χ1n) is 9.08. The lowest BCUT2D eigenvalue weighted by Gasteiger charge is -2.25. The van der Waals surface area contributed by atoms with Gasteiger partial charge in [0.1, 0.15) is 11.5 Å². The van der Waals surface area contributed by atoms with Crippen LogP contribution >= 0.6 is 11.5 Å².